The predicted octanol–water partition coefficient (Wildman–Crippen LogP) is 2.70. The molecule has 4 rings (SSSR count). The van der Waals surface area contributed by atoms with E-state index in [4.69, 9.17) is 9.97 Å². The molecule has 0 saturated carbocycles. The van der Waals surface area contributed by atoms with Crippen molar-refractivity contribution < 1.29 is 4.79 Å². The van der Waals surface area contributed by atoms with E-state index in [2.05, 4.69) is 17.1 Å². The smallest absolute Gasteiger partial charge is 0.224 e. The summed E-state index contributed by atoms with van der Waals surface area (Å²) in [5.74, 6) is 2.84. The highest BCUT2D eigenvalue weighted by Gasteiger charge is 2.31. The lowest BCUT2D eigenvalue weighted by Gasteiger charge is -2.21. The quantitative estimate of drug-likeness (QED) is 0.910. The highest BCUT2D eigenvalue weighted by atomic mass is 32.1. The van der Waals surface area contributed by atoms with Crippen LogP contribution in [0.15, 0.2) is 0 Å². The SMILES string of the molecule is CNC(=O)C1CCN(c2nc(C)nc3sc4c(c23)CCC(C)C4)C1. The molecule has 128 valence electrons. The molecule has 0 radical (unpaired) electrons. The van der Waals surface area contributed by atoms with Crippen LogP contribution in [0.3, 0.4) is 0 Å². The number of nitrogens with zero attached hydrogens (tertiary/aromatic N) is 3. The van der Waals surface area contributed by atoms with Gasteiger partial charge in [-0.15, -0.1) is 11.3 Å². The molecule has 0 bridgehead atoms. The number of thiophene rings is 1. The van der Waals surface area contributed by atoms with Crippen molar-refractivity contribution >= 4 is 33.3 Å². The third kappa shape index (κ3) is 2.57. The third-order valence-corrected chi connectivity index (χ3v) is 6.50. The molecule has 5 nitrogen and oxygen atoms in total. The Morgan fingerprint density at radius 3 is 2.96 bits per heavy atom. The molecule has 1 amide bonds. The molecule has 2 unspecified atom stereocenters. The van der Waals surface area contributed by atoms with Gasteiger partial charge in [-0.05, 0) is 44.1 Å². The number of fused-ring (bicyclic) bond motifs is 3. The van der Waals surface area contributed by atoms with Gasteiger partial charge in [0, 0.05) is 25.0 Å². The van der Waals surface area contributed by atoms with Crippen LogP contribution < -0.4 is 10.2 Å². The maximum absolute atomic E-state index is 12.0. The number of amides is 1. The largest absolute Gasteiger partial charge is 0.359 e. The summed E-state index contributed by atoms with van der Waals surface area (Å²) >= 11 is 1.85. The number of aromatic nitrogens is 2. The Labute approximate surface area is 146 Å². The second-order valence-electron chi connectivity index (χ2n) is 7.17. The fraction of sp³-hybridized carbons (Fsp3) is 0.611. The zero-order valence-electron chi connectivity index (χ0n) is 14.6. The Balaban J connectivity index is 1.77. The van der Waals surface area contributed by atoms with Crippen molar-refractivity contribution in [1.29, 1.82) is 0 Å². The van der Waals surface area contributed by atoms with Gasteiger partial charge >= 0.3 is 0 Å². The fourth-order valence-corrected chi connectivity index (χ4v) is 5.45. The molecule has 2 aromatic heterocycles. The van der Waals surface area contributed by atoms with E-state index in [1.807, 2.05) is 18.3 Å². The maximum atomic E-state index is 12.0. The summed E-state index contributed by atoms with van der Waals surface area (Å²) in [6.07, 6.45) is 4.43. The van der Waals surface area contributed by atoms with Crippen LogP contribution >= 0.6 is 11.3 Å². The second kappa shape index (κ2) is 5.99. The van der Waals surface area contributed by atoms with Gasteiger partial charge in [0.25, 0.3) is 0 Å². The minimum atomic E-state index is 0.0646. The predicted molar refractivity (Wildman–Crippen MR) is 97.7 cm³/mol. The summed E-state index contributed by atoms with van der Waals surface area (Å²) < 4.78 is 0. The standard InChI is InChI=1S/C18H24N4OS/c1-10-4-5-13-14(8-10)24-18-15(13)16(20-11(2)21-18)22-7-6-12(9-22)17(23)19-3/h10,12H,4-9H2,1-3H3,(H,19,23). The number of rotatable bonds is 2. The average molecular weight is 344 g/mol. The second-order valence-corrected chi connectivity index (χ2v) is 8.26. The van der Waals surface area contributed by atoms with Gasteiger partial charge in [0.05, 0.1) is 11.3 Å². The fourth-order valence-electron chi connectivity index (χ4n) is 4.03. The lowest BCUT2D eigenvalue weighted by Crippen LogP contribution is -2.30. The average Bonchev–Trinajstić information content (AvgIpc) is 3.17. The first-order chi connectivity index (χ1) is 11.6. The Kier molecular flexibility index (Phi) is 3.95. The molecular formula is C18H24N4OS. The Morgan fingerprint density at radius 1 is 1.33 bits per heavy atom. The minimum Gasteiger partial charge on any atom is -0.359 e. The van der Waals surface area contributed by atoms with Crippen LogP contribution in [-0.2, 0) is 17.6 Å². The Morgan fingerprint density at radius 2 is 2.17 bits per heavy atom. The summed E-state index contributed by atoms with van der Waals surface area (Å²) in [5, 5.41) is 4.04. The van der Waals surface area contributed by atoms with Crippen molar-refractivity contribution in [1.82, 2.24) is 15.3 Å². The summed E-state index contributed by atoms with van der Waals surface area (Å²) in [4.78, 5) is 26.4. The molecule has 1 saturated heterocycles. The molecule has 6 heteroatoms. The zero-order chi connectivity index (χ0) is 16.8. The summed E-state index contributed by atoms with van der Waals surface area (Å²) in [6, 6.07) is 0. The van der Waals surface area contributed by atoms with Gasteiger partial charge in [-0.2, -0.15) is 0 Å². The Bertz CT molecular complexity index is 800. The molecule has 24 heavy (non-hydrogen) atoms. The van der Waals surface area contributed by atoms with Crippen molar-refractivity contribution in [3.05, 3.63) is 16.3 Å². The summed E-state index contributed by atoms with van der Waals surface area (Å²) in [7, 11) is 1.72. The number of carbonyl (C=O) groups excluding carboxylic acids is 1. The van der Waals surface area contributed by atoms with Crippen molar-refractivity contribution in [2.45, 2.75) is 39.5 Å². The molecule has 0 spiro atoms. The van der Waals surface area contributed by atoms with E-state index < -0.39 is 0 Å². The molecular weight excluding hydrogens is 320 g/mol. The van der Waals surface area contributed by atoms with Gasteiger partial charge in [-0.25, -0.2) is 9.97 Å². The highest BCUT2D eigenvalue weighted by Crippen LogP contribution is 2.41. The molecule has 0 aromatic carbocycles. The highest BCUT2D eigenvalue weighted by molar-refractivity contribution is 7.19. The minimum absolute atomic E-state index is 0.0646. The van der Waals surface area contributed by atoms with E-state index in [0.29, 0.717) is 0 Å². The molecule has 1 aliphatic carbocycles. The van der Waals surface area contributed by atoms with Crippen molar-refractivity contribution in [2.75, 3.05) is 25.0 Å². The first-order valence-corrected chi connectivity index (χ1v) is 9.64. The number of aryl methyl sites for hydroxylation is 2. The monoisotopic (exact) mass is 344 g/mol. The van der Waals surface area contributed by atoms with E-state index in [9.17, 15) is 4.79 Å². The van der Waals surface area contributed by atoms with E-state index >= 15 is 0 Å². The maximum Gasteiger partial charge on any atom is 0.224 e. The first kappa shape index (κ1) is 15.8. The lowest BCUT2D eigenvalue weighted by molar-refractivity contribution is -0.123. The van der Waals surface area contributed by atoms with Crippen LogP contribution in [-0.4, -0.2) is 36.0 Å². The third-order valence-electron chi connectivity index (χ3n) is 5.35. The summed E-state index contributed by atoms with van der Waals surface area (Å²) in [6.45, 7) is 5.95. The molecule has 2 atom stereocenters. The normalized spacial score (nSPS) is 23.5. The topological polar surface area (TPSA) is 58.1 Å². The van der Waals surface area contributed by atoms with Gasteiger partial charge in [0.1, 0.15) is 16.5 Å². The van der Waals surface area contributed by atoms with Gasteiger partial charge < -0.3 is 10.2 Å². The molecule has 1 N–H and O–H groups in total. The van der Waals surface area contributed by atoms with Crippen LogP contribution in [0.25, 0.3) is 10.2 Å². The molecule has 2 aliphatic rings. The number of carbonyl (C=O) groups is 1. The number of nitrogens with one attached hydrogen (secondary N) is 1. The van der Waals surface area contributed by atoms with E-state index in [0.717, 1.165) is 54.7 Å². The van der Waals surface area contributed by atoms with Crippen molar-refractivity contribution in [3.63, 3.8) is 0 Å². The van der Waals surface area contributed by atoms with Crippen molar-refractivity contribution in [2.24, 2.45) is 11.8 Å². The van der Waals surface area contributed by atoms with Gasteiger partial charge in [0.15, 0.2) is 0 Å². The van der Waals surface area contributed by atoms with Gasteiger partial charge in [0.2, 0.25) is 5.91 Å². The van der Waals surface area contributed by atoms with Crippen LogP contribution in [0.2, 0.25) is 0 Å². The molecule has 2 aromatic rings. The lowest BCUT2D eigenvalue weighted by atomic mass is 9.89. The van der Waals surface area contributed by atoms with Crippen molar-refractivity contribution in [3.8, 4) is 0 Å². The van der Waals surface area contributed by atoms with Crippen LogP contribution in [0, 0.1) is 18.8 Å². The molecule has 3 heterocycles. The molecule has 1 aliphatic heterocycles. The number of anilines is 1. The number of hydrogen-bond donors (Lipinski definition) is 1. The summed E-state index contributed by atoms with van der Waals surface area (Å²) in [5.41, 5.74) is 1.46. The number of hydrogen-bond acceptors (Lipinski definition) is 5. The van der Waals surface area contributed by atoms with Crippen LogP contribution in [0.5, 0.6) is 0 Å². The Hall–Kier alpha value is -1.69. The van der Waals surface area contributed by atoms with E-state index in [-0.39, 0.29) is 11.8 Å². The van der Waals surface area contributed by atoms with Crippen LogP contribution in [0.4, 0.5) is 5.82 Å². The van der Waals surface area contributed by atoms with E-state index in [1.165, 1.54) is 22.2 Å². The molecule has 1 fully saturated rings. The van der Waals surface area contributed by atoms with Gasteiger partial charge in [-0.1, -0.05) is 6.92 Å². The van der Waals surface area contributed by atoms with Crippen LogP contribution in [0.1, 0.15) is 36.0 Å². The van der Waals surface area contributed by atoms with E-state index in [1.54, 1.807) is 7.05 Å². The first-order valence-electron chi connectivity index (χ1n) is 8.82. The van der Waals surface area contributed by atoms with Gasteiger partial charge in [-0.3, -0.25) is 4.79 Å². The zero-order valence-corrected chi connectivity index (χ0v) is 15.4.